The van der Waals surface area contributed by atoms with Gasteiger partial charge in [-0.25, -0.2) is 0 Å². The SMILES string of the molecule is CC/C=C\C/C=C\C/C=C\C/C=C\C/C=C\C/C=C\C/C=C\CCCCCC(=O)OC(CO)COC(=O)CCCCCCCCCCCCCCCCCC/C=C\C/C=C\C/C=C\CCCCCCC. The van der Waals surface area contributed by atoms with Crippen LogP contribution in [0, 0.1) is 0 Å². The molecular formula is C65H108O5. The molecule has 0 aliphatic heterocycles. The van der Waals surface area contributed by atoms with Gasteiger partial charge in [0, 0.05) is 12.8 Å². The van der Waals surface area contributed by atoms with Crippen molar-refractivity contribution in [2.75, 3.05) is 13.2 Å². The molecule has 0 aromatic carbocycles. The molecule has 0 rings (SSSR count). The second kappa shape index (κ2) is 59.6. The molecule has 5 nitrogen and oxygen atoms in total. The number of hydrogen-bond acceptors (Lipinski definition) is 5. The monoisotopic (exact) mass is 969 g/mol. The number of carbonyl (C=O) groups excluding carboxylic acids is 2. The fourth-order valence-corrected chi connectivity index (χ4v) is 7.90. The summed E-state index contributed by atoms with van der Waals surface area (Å²) in [5, 5.41) is 9.65. The average molecular weight is 970 g/mol. The molecule has 0 saturated heterocycles. The first-order valence-corrected chi connectivity index (χ1v) is 29.1. The molecular weight excluding hydrogens is 861 g/mol. The Labute approximate surface area is 433 Å². The van der Waals surface area contributed by atoms with E-state index in [1.54, 1.807) is 0 Å². The van der Waals surface area contributed by atoms with Gasteiger partial charge in [0.2, 0.25) is 0 Å². The van der Waals surface area contributed by atoms with E-state index in [1.165, 1.54) is 128 Å². The smallest absolute Gasteiger partial charge is 0.306 e. The Hall–Kier alpha value is -3.70. The van der Waals surface area contributed by atoms with Crippen molar-refractivity contribution in [3.05, 3.63) is 122 Å². The summed E-state index contributed by atoms with van der Waals surface area (Å²) in [5.41, 5.74) is 0. The summed E-state index contributed by atoms with van der Waals surface area (Å²) in [5.74, 6) is -0.631. The number of aliphatic hydroxyl groups excluding tert-OH is 1. The molecule has 0 heterocycles. The van der Waals surface area contributed by atoms with Gasteiger partial charge in [0.1, 0.15) is 6.61 Å². The fraction of sp³-hybridized carbons (Fsp3) is 0.662. The lowest BCUT2D eigenvalue weighted by atomic mass is 10.0. The highest BCUT2D eigenvalue weighted by Gasteiger charge is 2.16. The number of carbonyl (C=O) groups is 2. The van der Waals surface area contributed by atoms with Gasteiger partial charge in [0.05, 0.1) is 6.61 Å². The normalized spacial score (nSPS) is 13.1. The molecule has 70 heavy (non-hydrogen) atoms. The van der Waals surface area contributed by atoms with Gasteiger partial charge in [-0.3, -0.25) is 9.59 Å². The largest absolute Gasteiger partial charge is 0.462 e. The summed E-state index contributed by atoms with van der Waals surface area (Å²) < 4.78 is 10.7. The van der Waals surface area contributed by atoms with Crippen molar-refractivity contribution in [1.82, 2.24) is 0 Å². The van der Waals surface area contributed by atoms with Crippen LogP contribution in [-0.4, -0.2) is 36.4 Å². The first kappa shape index (κ1) is 66.3. The van der Waals surface area contributed by atoms with E-state index < -0.39 is 6.10 Å². The van der Waals surface area contributed by atoms with Crippen LogP contribution in [0.1, 0.15) is 258 Å². The molecule has 0 aromatic rings. The molecule has 5 heteroatoms. The maximum absolute atomic E-state index is 12.3. The summed E-state index contributed by atoms with van der Waals surface area (Å²) in [7, 11) is 0. The van der Waals surface area contributed by atoms with Gasteiger partial charge < -0.3 is 14.6 Å². The van der Waals surface area contributed by atoms with Crippen molar-refractivity contribution in [3.8, 4) is 0 Å². The molecule has 0 fully saturated rings. The highest BCUT2D eigenvalue weighted by Crippen LogP contribution is 2.15. The first-order valence-electron chi connectivity index (χ1n) is 29.1. The molecule has 0 aliphatic rings. The van der Waals surface area contributed by atoms with Crippen LogP contribution in [0.5, 0.6) is 0 Å². The second-order valence-electron chi connectivity index (χ2n) is 19.0. The van der Waals surface area contributed by atoms with Crippen molar-refractivity contribution in [2.24, 2.45) is 0 Å². The van der Waals surface area contributed by atoms with E-state index >= 15 is 0 Å². The number of unbranched alkanes of at least 4 members (excludes halogenated alkanes) is 24. The van der Waals surface area contributed by atoms with Gasteiger partial charge in [-0.15, -0.1) is 0 Å². The fourth-order valence-electron chi connectivity index (χ4n) is 7.90. The third kappa shape index (κ3) is 56.9. The number of esters is 2. The van der Waals surface area contributed by atoms with Crippen LogP contribution in [0.2, 0.25) is 0 Å². The van der Waals surface area contributed by atoms with Crippen LogP contribution in [0.25, 0.3) is 0 Å². The predicted octanol–water partition coefficient (Wildman–Crippen LogP) is 19.9. The molecule has 0 bridgehead atoms. The van der Waals surface area contributed by atoms with Gasteiger partial charge in [0.15, 0.2) is 6.10 Å². The Morgan fingerprint density at radius 3 is 0.943 bits per heavy atom. The predicted molar refractivity (Wildman–Crippen MR) is 306 cm³/mol. The van der Waals surface area contributed by atoms with Crippen molar-refractivity contribution < 1.29 is 24.2 Å². The van der Waals surface area contributed by atoms with Crippen molar-refractivity contribution >= 4 is 11.9 Å². The Morgan fingerprint density at radius 2 is 0.614 bits per heavy atom. The van der Waals surface area contributed by atoms with Gasteiger partial charge in [-0.2, -0.15) is 0 Å². The Bertz CT molecular complexity index is 1420. The molecule has 1 N–H and O–H groups in total. The Balaban J connectivity index is 3.57. The van der Waals surface area contributed by atoms with E-state index in [9.17, 15) is 14.7 Å². The summed E-state index contributed by atoms with van der Waals surface area (Å²) >= 11 is 0. The van der Waals surface area contributed by atoms with E-state index in [0.717, 1.165) is 103 Å². The minimum absolute atomic E-state index is 0.0859. The highest BCUT2D eigenvalue weighted by molar-refractivity contribution is 5.70. The standard InChI is InChI=1S/C65H108O5/c1-3-5-7-9-11-13-15-17-19-21-23-25-27-29-30-31-32-33-34-36-37-39-41-43-45-47-49-51-53-55-57-59-64(67)69-62-63(61-66)70-65(68)60-58-56-54-52-50-48-46-44-42-40-38-35-28-26-24-22-20-18-16-14-12-10-8-6-4-2/h6,8,12,14-15,17-18,20-21,23-24,26-27,29,35,38,42,44,48,50,63,66H,3-5,7,9-11,13,16,19,22,25,28,30-34,36-37,39-41,43,45-47,49,51-62H2,1-2H3/b8-6-,14-12-,17-15-,20-18-,23-21-,26-24-,29-27-,38-35-,44-42-,50-48-. The lowest BCUT2D eigenvalue weighted by Gasteiger charge is -2.15. The Morgan fingerprint density at radius 1 is 0.343 bits per heavy atom. The minimum atomic E-state index is -0.799. The first-order chi connectivity index (χ1) is 34.6. The Kier molecular flexibility index (Phi) is 56.5. The lowest BCUT2D eigenvalue weighted by Crippen LogP contribution is -2.28. The van der Waals surface area contributed by atoms with Crippen LogP contribution < -0.4 is 0 Å². The number of ether oxygens (including phenoxy) is 2. The maximum atomic E-state index is 12.3. The topological polar surface area (TPSA) is 72.8 Å². The number of aliphatic hydroxyl groups is 1. The minimum Gasteiger partial charge on any atom is -0.462 e. The van der Waals surface area contributed by atoms with Crippen LogP contribution in [0.4, 0.5) is 0 Å². The van der Waals surface area contributed by atoms with Crippen LogP contribution in [0.3, 0.4) is 0 Å². The molecule has 0 aliphatic carbocycles. The second-order valence-corrected chi connectivity index (χ2v) is 19.0. The van der Waals surface area contributed by atoms with E-state index in [4.69, 9.17) is 9.47 Å². The molecule has 1 unspecified atom stereocenters. The quantitative estimate of drug-likeness (QED) is 0.0374. The zero-order valence-corrected chi connectivity index (χ0v) is 45.5. The third-order valence-electron chi connectivity index (χ3n) is 12.2. The number of allylic oxidation sites excluding steroid dienone is 20. The maximum Gasteiger partial charge on any atom is 0.306 e. The summed E-state index contributed by atoms with van der Waals surface area (Å²) in [6.45, 7) is 3.99. The number of hydrogen-bond donors (Lipinski definition) is 1. The van der Waals surface area contributed by atoms with Gasteiger partial charge in [0.25, 0.3) is 0 Å². The molecule has 0 spiro atoms. The summed E-state index contributed by atoms with van der Waals surface area (Å²) in [6, 6.07) is 0. The molecule has 0 amide bonds. The van der Waals surface area contributed by atoms with Gasteiger partial charge in [-0.1, -0.05) is 257 Å². The van der Waals surface area contributed by atoms with E-state index in [1.807, 2.05) is 0 Å². The molecule has 0 saturated carbocycles. The third-order valence-corrected chi connectivity index (χ3v) is 12.2. The molecule has 0 aromatic heterocycles. The van der Waals surface area contributed by atoms with Gasteiger partial charge in [-0.05, 0) is 109 Å². The molecule has 1 atom stereocenters. The summed E-state index contributed by atoms with van der Waals surface area (Å²) in [6.07, 6.45) is 87.4. The van der Waals surface area contributed by atoms with Crippen molar-refractivity contribution in [2.45, 2.75) is 264 Å². The number of rotatable bonds is 52. The zero-order valence-electron chi connectivity index (χ0n) is 45.5. The van der Waals surface area contributed by atoms with Crippen LogP contribution in [0.15, 0.2) is 122 Å². The van der Waals surface area contributed by atoms with E-state index in [-0.39, 0.29) is 25.2 Å². The molecule has 0 radical (unpaired) electrons. The van der Waals surface area contributed by atoms with Gasteiger partial charge >= 0.3 is 11.9 Å². The average Bonchev–Trinajstić information content (AvgIpc) is 3.36. The van der Waals surface area contributed by atoms with E-state index in [0.29, 0.717) is 12.8 Å². The summed E-state index contributed by atoms with van der Waals surface area (Å²) in [4.78, 5) is 24.5. The lowest BCUT2D eigenvalue weighted by molar-refractivity contribution is -0.161. The highest BCUT2D eigenvalue weighted by atomic mass is 16.6. The molecule has 398 valence electrons. The van der Waals surface area contributed by atoms with E-state index in [2.05, 4.69) is 135 Å². The van der Waals surface area contributed by atoms with Crippen LogP contribution >= 0.6 is 0 Å². The van der Waals surface area contributed by atoms with Crippen LogP contribution in [-0.2, 0) is 19.1 Å². The van der Waals surface area contributed by atoms with Crippen molar-refractivity contribution in [3.63, 3.8) is 0 Å². The van der Waals surface area contributed by atoms with Crippen molar-refractivity contribution in [1.29, 1.82) is 0 Å². The zero-order chi connectivity index (χ0) is 50.6.